The lowest BCUT2D eigenvalue weighted by atomic mass is 9.92. The van der Waals surface area contributed by atoms with Gasteiger partial charge in [0.15, 0.2) is 0 Å². The number of ether oxygens (including phenoxy) is 1. The van der Waals surface area contributed by atoms with Crippen LogP contribution in [0.2, 0.25) is 0 Å². The van der Waals surface area contributed by atoms with Crippen LogP contribution in [0.4, 0.5) is 0 Å². The zero-order chi connectivity index (χ0) is 15.2. The van der Waals surface area contributed by atoms with Gasteiger partial charge in [0.1, 0.15) is 0 Å². The van der Waals surface area contributed by atoms with Gasteiger partial charge in [0.05, 0.1) is 12.1 Å². The molecule has 1 rings (SSSR count). The van der Waals surface area contributed by atoms with Crippen LogP contribution >= 0.6 is 11.6 Å². The highest BCUT2D eigenvalue weighted by Crippen LogP contribution is 2.33. The van der Waals surface area contributed by atoms with Gasteiger partial charge in [-0.25, -0.2) is 0 Å². The molecule has 0 spiro atoms. The van der Waals surface area contributed by atoms with Crippen molar-refractivity contribution in [3.8, 4) is 0 Å². The first-order chi connectivity index (χ1) is 9.47. The number of halogens is 1. The maximum absolute atomic E-state index is 6.64. The number of rotatable bonds is 7. The highest BCUT2D eigenvalue weighted by atomic mass is 35.5. The Kier molecular flexibility index (Phi) is 7.52. The van der Waals surface area contributed by atoms with E-state index in [2.05, 4.69) is 44.0 Å². The number of hydrogen-bond acceptors (Lipinski definition) is 3. The molecule has 1 fully saturated rings. The third kappa shape index (κ3) is 4.20. The number of nitrogens with zero attached hydrogens (tertiary/aromatic N) is 1. The largest absolute Gasteiger partial charge is 0.382 e. The van der Waals surface area contributed by atoms with Crippen molar-refractivity contribution in [3.05, 3.63) is 11.1 Å². The van der Waals surface area contributed by atoms with Crippen molar-refractivity contribution in [2.24, 2.45) is 0 Å². The second-order valence-electron chi connectivity index (χ2n) is 6.17. The normalized spacial score (nSPS) is 24.2. The highest BCUT2D eigenvalue weighted by molar-refractivity contribution is 6.30. The smallest absolute Gasteiger partial charge is 0.0777 e. The topological polar surface area (TPSA) is 24.5 Å². The van der Waals surface area contributed by atoms with Gasteiger partial charge >= 0.3 is 0 Å². The van der Waals surface area contributed by atoms with Crippen molar-refractivity contribution >= 4 is 11.6 Å². The second-order valence-corrected chi connectivity index (χ2v) is 6.58. The van der Waals surface area contributed by atoms with Crippen LogP contribution in [-0.2, 0) is 4.74 Å². The summed E-state index contributed by atoms with van der Waals surface area (Å²) in [4.78, 5) is 2.54. The number of allylic oxidation sites excluding steroid dienone is 1. The summed E-state index contributed by atoms with van der Waals surface area (Å²) in [6.07, 6.45) is 5.52. The minimum Gasteiger partial charge on any atom is -0.382 e. The van der Waals surface area contributed by atoms with E-state index in [1.54, 1.807) is 7.11 Å². The Bertz CT molecular complexity index is 314. The zero-order valence-corrected chi connectivity index (χ0v) is 14.5. The van der Waals surface area contributed by atoms with Gasteiger partial charge in [0.2, 0.25) is 0 Å². The van der Waals surface area contributed by atoms with Gasteiger partial charge in [-0.05, 0) is 46.6 Å². The molecule has 20 heavy (non-hydrogen) atoms. The van der Waals surface area contributed by atoms with Crippen molar-refractivity contribution in [3.63, 3.8) is 0 Å². The first-order valence-electron chi connectivity index (χ1n) is 7.81. The molecule has 0 amide bonds. The Morgan fingerprint density at radius 2 is 2.25 bits per heavy atom. The minimum atomic E-state index is -0.246. The van der Waals surface area contributed by atoms with E-state index < -0.39 is 0 Å². The fourth-order valence-corrected chi connectivity index (χ4v) is 3.72. The van der Waals surface area contributed by atoms with Crippen molar-refractivity contribution in [1.82, 2.24) is 10.2 Å². The van der Waals surface area contributed by atoms with E-state index in [9.17, 15) is 0 Å². The summed E-state index contributed by atoms with van der Waals surface area (Å²) in [5.41, 5.74) is -0.246. The summed E-state index contributed by atoms with van der Waals surface area (Å²) >= 11 is 6.64. The number of nitrogens with one attached hydrogen (secondary N) is 1. The molecule has 0 radical (unpaired) electrons. The molecule has 118 valence electrons. The molecule has 0 aromatic rings. The molecule has 1 unspecified atom stereocenters. The summed E-state index contributed by atoms with van der Waals surface area (Å²) in [5.74, 6) is 0. The molecule has 1 aliphatic heterocycles. The van der Waals surface area contributed by atoms with Crippen LogP contribution in [0, 0.1) is 0 Å². The maximum Gasteiger partial charge on any atom is 0.0777 e. The van der Waals surface area contributed by atoms with Gasteiger partial charge in [-0.15, -0.1) is 0 Å². The average Bonchev–Trinajstić information content (AvgIpc) is 2.40. The van der Waals surface area contributed by atoms with Crippen molar-refractivity contribution in [2.45, 2.75) is 64.6 Å². The van der Waals surface area contributed by atoms with Crippen LogP contribution < -0.4 is 5.32 Å². The molecular weight excluding hydrogens is 272 g/mol. The SMILES string of the molecule is CC/C=C(/Cl)C(C)(COC)N(C(C)C)[C@@H]1CCCNC1. The van der Waals surface area contributed by atoms with Gasteiger partial charge in [-0.2, -0.15) is 0 Å². The Morgan fingerprint density at radius 3 is 2.70 bits per heavy atom. The summed E-state index contributed by atoms with van der Waals surface area (Å²) < 4.78 is 5.51. The summed E-state index contributed by atoms with van der Waals surface area (Å²) in [6, 6.07) is 0.946. The van der Waals surface area contributed by atoms with Crippen LogP contribution in [0.5, 0.6) is 0 Å². The minimum absolute atomic E-state index is 0.246. The first kappa shape index (κ1) is 18.0. The average molecular weight is 303 g/mol. The van der Waals surface area contributed by atoms with Crippen molar-refractivity contribution < 1.29 is 4.74 Å². The van der Waals surface area contributed by atoms with Gasteiger partial charge in [0, 0.05) is 30.8 Å². The molecule has 3 nitrogen and oxygen atoms in total. The molecular formula is C16H31ClN2O. The molecule has 1 aliphatic rings. The van der Waals surface area contributed by atoms with E-state index >= 15 is 0 Å². The Balaban J connectivity index is 3.07. The molecule has 1 N–H and O–H groups in total. The Labute approximate surface area is 129 Å². The Hall–Kier alpha value is -0.0900. The third-order valence-electron chi connectivity index (χ3n) is 4.11. The van der Waals surface area contributed by atoms with Crippen LogP contribution in [0.15, 0.2) is 11.1 Å². The van der Waals surface area contributed by atoms with E-state index in [1.165, 1.54) is 12.8 Å². The van der Waals surface area contributed by atoms with E-state index in [-0.39, 0.29) is 5.54 Å². The molecule has 0 bridgehead atoms. The number of piperidine rings is 1. The number of hydrogen-bond donors (Lipinski definition) is 1. The standard InChI is InChI=1S/C16H31ClN2O/c1-6-8-15(17)16(4,12-20-5)19(13(2)3)14-9-7-10-18-11-14/h8,13-14,18H,6-7,9-12H2,1-5H3/b15-8+/t14-,16?/m1/s1. The van der Waals surface area contributed by atoms with Gasteiger partial charge in [-0.1, -0.05) is 24.6 Å². The van der Waals surface area contributed by atoms with Crippen LogP contribution in [0.25, 0.3) is 0 Å². The summed E-state index contributed by atoms with van der Waals surface area (Å²) in [5, 5.41) is 4.41. The van der Waals surface area contributed by atoms with E-state index in [1.807, 2.05) is 0 Å². The predicted octanol–water partition coefficient (Wildman–Crippen LogP) is 3.39. The van der Waals surface area contributed by atoms with E-state index in [4.69, 9.17) is 16.3 Å². The lowest BCUT2D eigenvalue weighted by Gasteiger charge is -2.49. The van der Waals surface area contributed by atoms with Crippen LogP contribution in [0.3, 0.4) is 0 Å². The molecule has 4 heteroatoms. The third-order valence-corrected chi connectivity index (χ3v) is 4.68. The van der Waals surface area contributed by atoms with Gasteiger partial charge in [-0.3, -0.25) is 4.90 Å². The van der Waals surface area contributed by atoms with Gasteiger partial charge < -0.3 is 10.1 Å². The molecule has 0 aliphatic carbocycles. The zero-order valence-electron chi connectivity index (χ0n) is 13.7. The lowest BCUT2D eigenvalue weighted by Crippen LogP contribution is -2.61. The van der Waals surface area contributed by atoms with E-state index in [0.29, 0.717) is 18.7 Å². The monoisotopic (exact) mass is 302 g/mol. The summed E-state index contributed by atoms with van der Waals surface area (Å²) in [7, 11) is 1.76. The molecule has 2 atom stereocenters. The maximum atomic E-state index is 6.64. The fraction of sp³-hybridized carbons (Fsp3) is 0.875. The molecule has 1 saturated heterocycles. The van der Waals surface area contributed by atoms with Crippen molar-refractivity contribution in [1.29, 1.82) is 0 Å². The van der Waals surface area contributed by atoms with Gasteiger partial charge in [0.25, 0.3) is 0 Å². The van der Waals surface area contributed by atoms with E-state index in [0.717, 1.165) is 24.5 Å². The molecule has 1 heterocycles. The predicted molar refractivity (Wildman–Crippen MR) is 87.4 cm³/mol. The Morgan fingerprint density at radius 1 is 1.55 bits per heavy atom. The van der Waals surface area contributed by atoms with Crippen molar-refractivity contribution in [2.75, 3.05) is 26.8 Å². The van der Waals surface area contributed by atoms with Crippen LogP contribution in [-0.4, -0.2) is 49.3 Å². The second kappa shape index (κ2) is 8.38. The lowest BCUT2D eigenvalue weighted by molar-refractivity contribution is -0.00809. The first-order valence-corrected chi connectivity index (χ1v) is 8.19. The number of methoxy groups -OCH3 is 1. The highest BCUT2D eigenvalue weighted by Gasteiger charge is 2.41. The van der Waals surface area contributed by atoms with Crippen LogP contribution in [0.1, 0.15) is 47.0 Å². The molecule has 0 aromatic heterocycles. The molecule has 0 saturated carbocycles. The fourth-order valence-electron chi connectivity index (χ4n) is 3.41. The molecule has 0 aromatic carbocycles. The quantitative estimate of drug-likeness (QED) is 0.780. The summed E-state index contributed by atoms with van der Waals surface area (Å²) in [6.45, 7) is 11.6.